The van der Waals surface area contributed by atoms with Gasteiger partial charge in [-0.3, -0.25) is 4.79 Å². The summed E-state index contributed by atoms with van der Waals surface area (Å²) in [6.45, 7) is 0.493. The van der Waals surface area contributed by atoms with Gasteiger partial charge < -0.3 is 10.4 Å². The van der Waals surface area contributed by atoms with Crippen molar-refractivity contribution in [2.75, 3.05) is 30.0 Å². The Morgan fingerprint density at radius 1 is 1.33 bits per heavy atom. The number of aliphatic hydroxyl groups excluding tert-OH is 1. The second-order valence-corrected chi connectivity index (χ2v) is 7.62. The number of thioether (sulfide) groups is 1. The van der Waals surface area contributed by atoms with Crippen LogP contribution in [0.4, 0.5) is 5.69 Å². The number of carbonyl (C=O) groups excluding carboxylic acids is 1. The van der Waals surface area contributed by atoms with Crippen LogP contribution in [0.2, 0.25) is 0 Å². The lowest BCUT2D eigenvalue weighted by atomic mass is 10.2. The van der Waals surface area contributed by atoms with E-state index >= 15 is 0 Å². The molecule has 1 aliphatic rings. The molecule has 0 radical (unpaired) electrons. The largest absolute Gasteiger partial charge is 0.396 e. The van der Waals surface area contributed by atoms with E-state index in [4.69, 9.17) is 5.11 Å². The number of sulfonamides is 1. The number of aliphatic hydroxyl groups is 1. The van der Waals surface area contributed by atoms with E-state index in [1.54, 1.807) is 17.8 Å². The van der Waals surface area contributed by atoms with Crippen molar-refractivity contribution in [2.24, 2.45) is 0 Å². The van der Waals surface area contributed by atoms with Crippen LogP contribution >= 0.6 is 11.8 Å². The molecule has 3 N–H and O–H groups in total. The van der Waals surface area contributed by atoms with E-state index < -0.39 is 10.0 Å². The van der Waals surface area contributed by atoms with Gasteiger partial charge in [0.1, 0.15) is 0 Å². The quantitative estimate of drug-likeness (QED) is 0.606. The lowest BCUT2D eigenvalue weighted by Crippen LogP contribution is -2.26. The minimum atomic E-state index is -3.54. The van der Waals surface area contributed by atoms with Crippen molar-refractivity contribution < 1.29 is 18.3 Å². The summed E-state index contributed by atoms with van der Waals surface area (Å²) in [5.74, 6) is 1.35. The summed E-state index contributed by atoms with van der Waals surface area (Å²) in [6, 6.07) is 4.64. The molecule has 0 atom stereocenters. The first-order valence-electron chi connectivity index (χ1n) is 6.64. The molecule has 0 bridgehead atoms. The molecule has 6 nitrogen and oxygen atoms in total. The van der Waals surface area contributed by atoms with Crippen LogP contribution in [0.5, 0.6) is 0 Å². The molecule has 0 saturated carbocycles. The fourth-order valence-corrected chi connectivity index (χ4v) is 3.97. The molecule has 116 valence electrons. The fourth-order valence-electron chi connectivity index (χ4n) is 1.97. The Labute approximate surface area is 128 Å². The van der Waals surface area contributed by atoms with Crippen LogP contribution in [-0.2, 0) is 21.2 Å². The van der Waals surface area contributed by atoms with Crippen molar-refractivity contribution in [1.29, 1.82) is 0 Å². The molecule has 2 rings (SSSR count). The second-order valence-electron chi connectivity index (χ2n) is 4.63. The topological polar surface area (TPSA) is 95.5 Å². The van der Waals surface area contributed by atoms with Crippen molar-refractivity contribution >= 4 is 33.4 Å². The van der Waals surface area contributed by atoms with Crippen LogP contribution in [0.1, 0.15) is 12.0 Å². The Hall–Kier alpha value is -1.09. The number of rotatable bonds is 8. The zero-order chi connectivity index (χ0) is 15.3. The summed E-state index contributed by atoms with van der Waals surface area (Å²) >= 11 is 1.59. The van der Waals surface area contributed by atoms with Gasteiger partial charge in [0.2, 0.25) is 15.9 Å². The third kappa shape index (κ3) is 4.44. The van der Waals surface area contributed by atoms with Gasteiger partial charge in [-0.1, -0.05) is 0 Å². The van der Waals surface area contributed by atoms with Gasteiger partial charge in [0.25, 0.3) is 0 Å². The number of carbonyl (C=O) groups is 1. The maximum Gasteiger partial charge on any atom is 0.240 e. The molecule has 0 aliphatic carbocycles. The fraction of sp³-hybridized carbons (Fsp3) is 0.462. The first kappa shape index (κ1) is 16.3. The molecule has 1 aliphatic heterocycles. The first-order valence-corrected chi connectivity index (χ1v) is 9.28. The number of benzene rings is 1. The Kier molecular flexibility index (Phi) is 5.63. The highest BCUT2D eigenvalue weighted by Crippen LogP contribution is 2.25. The summed E-state index contributed by atoms with van der Waals surface area (Å²) in [4.78, 5) is 11.4. The van der Waals surface area contributed by atoms with Crippen LogP contribution in [0.25, 0.3) is 0 Å². The van der Waals surface area contributed by atoms with E-state index in [0.29, 0.717) is 30.0 Å². The molecule has 0 saturated heterocycles. The summed E-state index contributed by atoms with van der Waals surface area (Å²) in [5.41, 5.74) is 1.39. The smallest absolute Gasteiger partial charge is 0.240 e. The second kappa shape index (κ2) is 7.26. The van der Waals surface area contributed by atoms with Gasteiger partial charge in [0.15, 0.2) is 0 Å². The highest BCUT2D eigenvalue weighted by molar-refractivity contribution is 7.99. The van der Waals surface area contributed by atoms with Crippen molar-refractivity contribution in [3.8, 4) is 0 Å². The zero-order valence-corrected chi connectivity index (χ0v) is 13.1. The molecule has 0 aromatic heterocycles. The Balaban J connectivity index is 1.91. The minimum absolute atomic E-state index is 0.118. The number of hydrogen-bond acceptors (Lipinski definition) is 5. The Bertz CT molecular complexity index is 617. The molecule has 0 fully saturated rings. The summed E-state index contributed by atoms with van der Waals surface area (Å²) in [7, 11) is -3.54. The summed E-state index contributed by atoms with van der Waals surface area (Å²) < 4.78 is 26.8. The highest BCUT2D eigenvalue weighted by Gasteiger charge is 2.21. The van der Waals surface area contributed by atoms with Gasteiger partial charge in [0, 0.05) is 24.6 Å². The van der Waals surface area contributed by atoms with Gasteiger partial charge in [0.05, 0.1) is 11.3 Å². The molecule has 1 amide bonds. The molecule has 0 unspecified atom stereocenters. The van der Waals surface area contributed by atoms with E-state index in [-0.39, 0.29) is 23.8 Å². The van der Waals surface area contributed by atoms with Gasteiger partial charge in [-0.15, -0.1) is 0 Å². The normalized spacial score (nSPS) is 14.0. The first-order chi connectivity index (χ1) is 10.0. The van der Waals surface area contributed by atoms with Gasteiger partial charge in [-0.25, -0.2) is 13.1 Å². The van der Waals surface area contributed by atoms with E-state index in [0.717, 1.165) is 5.75 Å². The standard InChI is InChI=1S/C13H18N2O4S2/c16-5-1-6-20-7-4-14-21(18,19)11-2-3-12-10(8-11)9-13(17)15-12/h2-3,8,14,16H,1,4-7,9H2,(H,15,17). The minimum Gasteiger partial charge on any atom is -0.396 e. The van der Waals surface area contributed by atoms with E-state index in [1.165, 1.54) is 12.1 Å². The highest BCUT2D eigenvalue weighted by atomic mass is 32.2. The van der Waals surface area contributed by atoms with Crippen LogP contribution in [-0.4, -0.2) is 44.1 Å². The predicted octanol–water partition coefficient (Wildman–Crippen LogP) is 0.575. The third-order valence-electron chi connectivity index (χ3n) is 3.00. The Morgan fingerprint density at radius 3 is 2.90 bits per heavy atom. The number of nitrogens with one attached hydrogen (secondary N) is 2. The average molecular weight is 330 g/mol. The van der Waals surface area contributed by atoms with Crippen molar-refractivity contribution in [3.05, 3.63) is 23.8 Å². The third-order valence-corrected chi connectivity index (χ3v) is 5.53. The molecular weight excluding hydrogens is 312 g/mol. The monoisotopic (exact) mass is 330 g/mol. The average Bonchev–Trinajstić information content (AvgIpc) is 2.81. The lowest BCUT2D eigenvalue weighted by Gasteiger charge is -2.08. The van der Waals surface area contributed by atoms with Crippen molar-refractivity contribution in [1.82, 2.24) is 4.72 Å². The number of amides is 1. The number of anilines is 1. The molecule has 21 heavy (non-hydrogen) atoms. The van der Waals surface area contributed by atoms with Crippen LogP contribution in [0.3, 0.4) is 0 Å². The maximum absolute atomic E-state index is 12.1. The van der Waals surface area contributed by atoms with Crippen LogP contribution < -0.4 is 10.0 Å². The molecular formula is C13H18N2O4S2. The lowest BCUT2D eigenvalue weighted by molar-refractivity contribution is -0.115. The van der Waals surface area contributed by atoms with Gasteiger partial charge in [-0.05, 0) is 35.9 Å². The van der Waals surface area contributed by atoms with Crippen LogP contribution in [0, 0.1) is 0 Å². The molecule has 0 spiro atoms. The SMILES string of the molecule is O=C1Cc2cc(S(=O)(=O)NCCSCCCO)ccc2N1. The Morgan fingerprint density at radius 2 is 2.14 bits per heavy atom. The molecule has 8 heteroatoms. The number of fused-ring (bicyclic) bond motifs is 1. The number of hydrogen-bond donors (Lipinski definition) is 3. The van der Waals surface area contributed by atoms with E-state index in [9.17, 15) is 13.2 Å². The van der Waals surface area contributed by atoms with Crippen molar-refractivity contribution in [2.45, 2.75) is 17.7 Å². The van der Waals surface area contributed by atoms with E-state index in [2.05, 4.69) is 10.0 Å². The van der Waals surface area contributed by atoms with Gasteiger partial charge in [-0.2, -0.15) is 11.8 Å². The molecule has 1 aromatic carbocycles. The van der Waals surface area contributed by atoms with Crippen LogP contribution in [0.15, 0.2) is 23.1 Å². The predicted molar refractivity (Wildman–Crippen MR) is 83.0 cm³/mol. The molecule has 1 aromatic rings. The maximum atomic E-state index is 12.1. The van der Waals surface area contributed by atoms with Gasteiger partial charge >= 0.3 is 0 Å². The molecule has 1 heterocycles. The summed E-state index contributed by atoms with van der Waals surface area (Å²) in [5, 5.41) is 11.3. The summed E-state index contributed by atoms with van der Waals surface area (Å²) in [6.07, 6.45) is 0.930. The van der Waals surface area contributed by atoms with Crippen molar-refractivity contribution in [3.63, 3.8) is 0 Å². The van der Waals surface area contributed by atoms with E-state index in [1.807, 2.05) is 0 Å². The zero-order valence-electron chi connectivity index (χ0n) is 11.5.